The molecule has 0 aliphatic heterocycles. The van der Waals surface area contributed by atoms with Crippen LogP contribution in [-0.2, 0) is 6.61 Å². The lowest BCUT2D eigenvalue weighted by Crippen LogP contribution is -1.98. The standard InChI is InChI=1S/C24H20N2O5/c1-29-23-12-9-18(14-24(23)30-2)20(15-25)13-19-5-3-4-6-22(19)31-16-17-7-10-21(11-8-17)26(27)28/h3-14H,16H2,1-2H3/b20-13+. The van der Waals surface area contributed by atoms with Gasteiger partial charge in [0.2, 0.25) is 0 Å². The van der Waals surface area contributed by atoms with Crippen LogP contribution >= 0.6 is 0 Å². The number of hydrogen-bond acceptors (Lipinski definition) is 6. The molecule has 0 unspecified atom stereocenters. The van der Waals surface area contributed by atoms with Crippen molar-refractivity contribution < 1.29 is 19.1 Å². The molecular weight excluding hydrogens is 396 g/mol. The largest absolute Gasteiger partial charge is 0.493 e. The van der Waals surface area contributed by atoms with Gasteiger partial charge in [0.25, 0.3) is 5.69 Å². The van der Waals surface area contributed by atoms with Crippen LogP contribution in [0.1, 0.15) is 16.7 Å². The molecule has 31 heavy (non-hydrogen) atoms. The molecule has 0 amide bonds. The van der Waals surface area contributed by atoms with Crippen molar-refractivity contribution in [1.29, 1.82) is 5.26 Å². The average Bonchev–Trinajstić information content (AvgIpc) is 2.81. The van der Waals surface area contributed by atoms with E-state index in [0.717, 1.165) is 11.1 Å². The van der Waals surface area contributed by atoms with Crippen LogP contribution in [0.15, 0.2) is 66.7 Å². The summed E-state index contributed by atoms with van der Waals surface area (Å²) < 4.78 is 16.5. The van der Waals surface area contributed by atoms with Gasteiger partial charge in [-0.3, -0.25) is 10.1 Å². The van der Waals surface area contributed by atoms with Crippen LogP contribution in [-0.4, -0.2) is 19.1 Å². The molecule has 0 aliphatic carbocycles. The summed E-state index contributed by atoms with van der Waals surface area (Å²) in [6.07, 6.45) is 1.74. The normalized spacial score (nSPS) is 10.8. The van der Waals surface area contributed by atoms with Gasteiger partial charge in [0.1, 0.15) is 12.4 Å². The first-order valence-electron chi connectivity index (χ1n) is 9.35. The van der Waals surface area contributed by atoms with E-state index < -0.39 is 4.92 Å². The summed E-state index contributed by atoms with van der Waals surface area (Å²) in [5.41, 5.74) is 2.68. The number of non-ortho nitro benzene ring substituents is 1. The minimum Gasteiger partial charge on any atom is -0.493 e. The molecule has 0 heterocycles. The number of hydrogen-bond donors (Lipinski definition) is 0. The highest BCUT2D eigenvalue weighted by Gasteiger charge is 2.10. The van der Waals surface area contributed by atoms with Gasteiger partial charge in [0.05, 0.1) is 30.8 Å². The van der Waals surface area contributed by atoms with Crippen molar-refractivity contribution in [2.75, 3.05) is 14.2 Å². The Bertz CT molecular complexity index is 1150. The quantitative estimate of drug-likeness (QED) is 0.215. The van der Waals surface area contributed by atoms with E-state index in [1.807, 2.05) is 18.2 Å². The van der Waals surface area contributed by atoms with Crippen molar-refractivity contribution >= 4 is 17.3 Å². The Kier molecular flexibility index (Phi) is 6.86. The van der Waals surface area contributed by atoms with Crippen molar-refractivity contribution in [2.24, 2.45) is 0 Å². The van der Waals surface area contributed by atoms with E-state index in [-0.39, 0.29) is 12.3 Å². The molecule has 0 aromatic heterocycles. The number of rotatable bonds is 8. The number of nitriles is 1. The number of allylic oxidation sites excluding steroid dienone is 1. The molecule has 156 valence electrons. The molecule has 0 bridgehead atoms. The zero-order chi connectivity index (χ0) is 22.2. The second-order valence-corrected chi connectivity index (χ2v) is 6.49. The lowest BCUT2D eigenvalue weighted by atomic mass is 10.0. The fraction of sp³-hybridized carbons (Fsp3) is 0.125. The van der Waals surface area contributed by atoms with Crippen LogP contribution in [0, 0.1) is 21.4 Å². The summed E-state index contributed by atoms with van der Waals surface area (Å²) in [5.74, 6) is 1.70. The minimum absolute atomic E-state index is 0.0284. The van der Waals surface area contributed by atoms with E-state index in [0.29, 0.717) is 28.4 Å². The van der Waals surface area contributed by atoms with Gasteiger partial charge < -0.3 is 14.2 Å². The molecule has 3 rings (SSSR count). The fourth-order valence-electron chi connectivity index (χ4n) is 2.95. The summed E-state index contributed by atoms with van der Waals surface area (Å²) in [6.45, 7) is 0.237. The summed E-state index contributed by atoms with van der Waals surface area (Å²) in [4.78, 5) is 10.3. The fourth-order valence-corrected chi connectivity index (χ4v) is 2.95. The monoisotopic (exact) mass is 416 g/mol. The molecule has 0 radical (unpaired) electrons. The van der Waals surface area contributed by atoms with Crippen molar-refractivity contribution in [2.45, 2.75) is 6.61 Å². The summed E-state index contributed by atoms with van der Waals surface area (Å²) in [6, 6.07) is 21.0. The van der Waals surface area contributed by atoms with Crippen LogP contribution in [0.3, 0.4) is 0 Å². The Labute approximate surface area is 179 Å². The number of ether oxygens (including phenoxy) is 3. The number of nitrogens with zero attached hydrogens (tertiary/aromatic N) is 2. The van der Waals surface area contributed by atoms with E-state index in [1.165, 1.54) is 12.1 Å². The van der Waals surface area contributed by atoms with Gasteiger partial charge in [-0.15, -0.1) is 0 Å². The van der Waals surface area contributed by atoms with Gasteiger partial charge in [-0.1, -0.05) is 18.2 Å². The molecule has 7 heteroatoms. The Morgan fingerprint density at radius 3 is 2.35 bits per heavy atom. The minimum atomic E-state index is -0.442. The first kappa shape index (κ1) is 21.4. The maximum Gasteiger partial charge on any atom is 0.269 e. The van der Waals surface area contributed by atoms with Gasteiger partial charge in [0.15, 0.2) is 11.5 Å². The van der Waals surface area contributed by atoms with Gasteiger partial charge in [-0.2, -0.15) is 5.26 Å². The predicted molar refractivity (Wildman–Crippen MR) is 117 cm³/mol. The predicted octanol–water partition coefficient (Wildman–Crippen LogP) is 5.26. The zero-order valence-electron chi connectivity index (χ0n) is 17.1. The van der Waals surface area contributed by atoms with E-state index in [9.17, 15) is 15.4 Å². The third-order valence-corrected chi connectivity index (χ3v) is 4.58. The topological polar surface area (TPSA) is 94.6 Å². The Balaban J connectivity index is 1.85. The van der Waals surface area contributed by atoms with Crippen molar-refractivity contribution in [3.05, 3.63) is 93.5 Å². The molecule has 0 aliphatic rings. The molecular formula is C24H20N2O5. The lowest BCUT2D eigenvalue weighted by Gasteiger charge is -2.11. The number of para-hydroxylation sites is 1. The van der Waals surface area contributed by atoms with Crippen LogP contribution in [0.4, 0.5) is 5.69 Å². The van der Waals surface area contributed by atoms with Crippen molar-refractivity contribution in [3.8, 4) is 23.3 Å². The molecule has 0 N–H and O–H groups in total. The van der Waals surface area contributed by atoms with Gasteiger partial charge in [0, 0.05) is 17.7 Å². The zero-order valence-corrected chi connectivity index (χ0v) is 17.1. The number of nitro groups is 1. The average molecular weight is 416 g/mol. The lowest BCUT2D eigenvalue weighted by molar-refractivity contribution is -0.384. The van der Waals surface area contributed by atoms with Crippen molar-refractivity contribution in [3.63, 3.8) is 0 Å². The van der Waals surface area contributed by atoms with E-state index in [2.05, 4.69) is 6.07 Å². The van der Waals surface area contributed by atoms with E-state index >= 15 is 0 Å². The molecule has 0 atom stereocenters. The third kappa shape index (κ3) is 5.19. The Morgan fingerprint density at radius 2 is 1.71 bits per heavy atom. The Hall–Kier alpha value is -4.31. The van der Waals surface area contributed by atoms with Crippen LogP contribution < -0.4 is 14.2 Å². The van der Waals surface area contributed by atoms with Crippen molar-refractivity contribution in [1.82, 2.24) is 0 Å². The van der Waals surface area contributed by atoms with Crippen LogP contribution in [0.2, 0.25) is 0 Å². The maximum absolute atomic E-state index is 10.8. The number of benzene rings is 3. The summed E-state index contributed by atoms with van der Waals surface area (Å²) in [7, 11) is 3.09. The van der Waals surface area contributed by atoms with Gasteiger partial charge in [-0.05, 0) is 53.6 Å². The summed E-state index contributed by atoms with van der Waals surface area (Å²) in [5, 5.41) is 20.5. The number of nitro benzene ring substituents is 1. The highest BCUT2D eigenvalue weighted by Crippen LogP contribution is 2.32. The number of methoxy groups -OCH3 is 2. The second kappa shape index (κ2) is 9.94. The smallest absolute Gasteiger partial charge is 0.269 e. The molecule has 3 aromatic rings. The Morgan fingerprint density at radius 1 is 1.00 bits per heavy atom. The molecule has 0 saturated carbocycles. The van der Waals surface area contributed by atoms with E-state index in [4.69, 9.17) is 14.2 Å². The summed E-state index contributed by atoms with van der Waals surface area (Å²) >= 11 is 0. The third-order valence-electron chi connectivity index (χ3n) is 4.58. The SMILES string of the molecule is COc1ccc(/C(C#N)=C/c2ccccc2OCc2ccc([N+](=O)[O-])cc2)cc1OC. The molecule has 3 aromatic carbocycles. The first-order chi connectivity index (χ1) is 15.0. The maximum atomic E-state index is 10.8. The van der Waals surface area contributed by atoms with Crippen LogP contribution in [0.25, 0.3) is 11.6 Å². The molecule has 7 nitrogen and oxygen atoms in total. The molecule has 0 fully saturated rings. The van der Waals surface area contributed by atoms with Gasteiger partial charge >= 0.3 is 0 Å². The highest BCUT2D eigenvalue weighted by atomic mass is 16.6. The second-order valence-electron chi connectivity index (χ2n) is 6.49. The first-order valence-corrected chi connectivity index (χ1v) is 9.35. The highest BCUT2D eigenvalue weighted by molar-refractivity contribution is 5.91. The van der Waals surface area contributed by atoms with Gasteiger partial charge in [-0.25, -0.2) is 0 Å². The molecule has 0 saturated heterocycles. The van der Waals surface area contributed by atoms with Crippen LogP contribution in [0.5, 0.6) is 17.2 Å². The van der Waals surface area contributed by atoms with E-state index in [1.54, 1.807) is 56.7 Å². The molecule has 0 spiro atoms.